The molecule has 0 amide bonds. The van der Waals surface area contributed by atoms with Crippen molar-refractivity contribution in [3.8, 4) is 11.5 Å². The maximum absolute atomic E-state index is 13.2. The molecule has 0 aromatic heterocycles. The second-order valence-corrected chi connectivity index (χ2v) is 4.22. The number of benzene rings is 2. The van der Waals surface area contributed by atoms with Crippen LogP contribution in [0, 0.1) is 5.82 Å². The third-order valence-electron chi connectivity index (χ3n) is 2.41. The molecule has 0 unspecified atom stereocenters. The fourth-order valence-corrected chi connectivity index (χ4v) is 1.67. The average molecular weight is 282 g/mol. The van der Waals surface area contributed by atoms with Crippen LogP contribution in [0.5, 0.6) is 11.5 Å². The van der Waals surface area contributed by atoms with Gasteiger partial charge in [-0.25, -0.2) is 4.39 Å². The van der Waals surface area contributed by atoms with Crippen molar-refractivity contribution in [3.05, 3.63) is 53.3 Å². The van der Waals surface area contributed by atoms with Crippen LogP contribution in [-0.2, 0) is 0 Å². The number of para-hydroxylation sites is 1. The molecular formula is C14H13ClFNO2. The van der Waals surface area contributed by atoms with Gasteiger partial charge in [-0.2, -0.15) is 0 Å². The molecule has 0 spiro atoms. The molecule has 2 N–H and O–H groups in total. The number of rotatable bonds is 5. The van der Waals surface area contributed by atoms with E-state index in [0.29, 0.717) is 12.3 Å². The molecule has 0 aliphatic heterocycles. The zero-order valence-electron chi connectivity index (χ0n) is 10.1. The van der Waals surface area contributed by atoms with Crippen LogP contribution >= 0.6 is 11.6 Å². The Balaban J connectivity index is 1.85. The molecular weight excluding hydrogens is 269 g/mol. The monoisotopic (exact) mass is 281 g/mol. The number of hydrogen-bond acceptors (Lipinski definition) is 3. The predicted octanol–water partition coefficient (Wildman–Crippen LogP) is 3.52. The summed E-state index contributed by atoms with van der Waals surface area (Å²) >= 11 is 5.59. The lowest BCUT2D eigenvalue weighted by Crippen LogP contribution is -2.10. The highest BCUT2D eigenvalue weighted by Crippen LogP contribution is 2.27. The molecule has 0 heterocycles. The molecule has 2 aromatic carbocycles. The molecule has 5 heteroatoms. The first kappa shape index (κ1) is 13.5. The summed E-state index contributed by atoms with van der Waals surface area (Å²) in [6.45, 7) is 0.605. The van der Waals surface area contributed by atoms with Crippen LogP contribution in [0.1, 0.15) is 0 Å². The lowest BCUT2D eigenvalue weighted by Gasteiger charge is -2.10. The molecule has 0 aliphatic carbocycles. The van der Waals surface area contributed by atoms with E-state index in [1.807, 2.05) is 30.3 Å². The Bertz CT molecular complexity index is 549. The standard InChI is InChI=1S/C14H13ClFNO2/c15-11-8-13(17)14(9-12(11)16)19-7-6-18-10-4-2-1-3-5-10/h1-5,8-9H,6-7,17H2. The highest BCUT2D eigenvalue weighted by molar-refractivity contribution is 6.31. The number of nitrogen functional groups attached to an aromatic ring is 1. The Morgan fingerprint density at radius 1 is 1.05 bits per heavy atom. The SMILES string of the molecule is Nc1cc(Cl)c(F)cc1OCCOc1ccccc1. The third-order valence-corrected chi connectivity index (χ3v) is 2.70. The lowest BCUT2D eigenvalue weighted by molar-refractivity contribution is 0.217. The van der Waals surface area contributed by atoms with Gasteiger partial charge < -0.3 is 15.2 Å². The van der Waals surface area contributed by atoms with Crippen LogP contribution in [-0.4, -0.2) is 13.2 Å². The van der Waals surface area contributed by atoms with Crippen LogP contribution < -0.4 is 15.2 Å². The van der Waals surface area contributed by atoms with E-state index in [1.165, 1.54) is 12.1 Å². The quantitative estimate of drug-likeness (QED) is 0.674. The molecule has 0 saturated heterocycles. The normalized spacial score (nSPS) is 10.2. The summed E-state index contributed by atoms with van der Waals surface area (Å²) in [7, 11) is 0. The molecule has 2 rings (SSSR count). The van der Waals surface area contributed by atoms with Gasteiger partial charge in [-0.1, -0.05) is 29.8 Å². The minimum Gasteiger partial charge on any atom is -0.490 e. The van der Waals surface area contributed by atoms with Crippen LogP contribution in [0.3, 0.4) is 0 Å². The van der Waals surface area contributed by atoms with Crippen LogP contribution in [0.15, 0.2) is 42.5 Å². The second-order valence-electron chi connectivity index (χ2n) is 3.81. The number of nitrogens with two attached hydrogens (primary N) is 1. The van der Waals surface area contributed by atoms with Crippen molar-refractivity contribution < 1.29 is 13.9 Å². The average Bonchev–Trinajstić information content (AvgIpc) is 2.41. The fraction of sp³-hybridized carbons (Fsp3) is 0.143. The number of hydrogen-bond donors (Lipinski definition) is 1. The zero-order valence-corrected chi connectivity index (χ0v) is 10.9. The molecule has 0 radical (unpaired) electrons. The minimum absolute atomic E-state index is 0.0228. The van der Waals surface area contributed by atoms with E-state index >= 15 is 0 Å². The Kier molecular flexibility index (Phi) is 4.47. The van der Waals surface area contributed by atoms with E-state index in [4.69, 9.17) is 26.8 Å². The van der Waals surface area contributed by atoms with Crippen molar-refractivity contribution in [1.29, 1.82) is 0 Å². The first-order valence-corrected chi connectivity index (χ1v) is 6.10. The molecule has 100 valence electrons. The summed E-state index contributed by atoms with van der Waals surface area (Å²) in [4.78, 5) is 0. The number of anilines is 1. The summed E-state index contributed by atoms with van der Waals surface area (Å²) in [5, 5.41) is -0.0228. The topological polar surface area (TPSA) is 44.5 Å². The maximum atomic E-state index is 13.2. The van der Waals surface area contributed by atoms with Gasteiger partial charge >= 0.3 is 0 Å². The molecule has 0 saturated carbocycles. The molecule has 0 aliphatic rings. The zero-order chi connectivity index (χ0) is 13.7. The largest absolute Gasteiger partial charge is 0.490 e. The van der Waals surface area contributed by atoms with E-state index in [9.17, 15) is 4.39 Å². The number of ether oxygens (including phenoxy) is 2. The van der Waals surface area contributed by atoms with Crippen molar-refractivity contribution >= 4 is 17.3 Å². The van der Waals surface area contributed by atoms with Gasteiger partial charge in [-0.05, 0) is 18.2 Å². The first-order valence-electron chi connectivity index (χ1n) is 5.72. The Hall–Kier alpha value is -1.94. The van der Waals surface area contributed by atoms with Gasteiger partial charge in [-0.3, -0.25) is 0 Å². The highest BCUT2D eigenvalue weighted by atomic mass is 35.5. The van der Waals surface area contributed by atoms with Crippen LogP contribution in [0.4, 0.5) is 10.1 Å². The summed E-state index contributed by atoms with van der Waals surface area (Å²) in [5.41, 5.74) is 5.96. The summed E-state index contributed by atoms with van der Waals surface area (Å²) in [6.07, 6.45) is 0. The number of halogens is 2. The first-order chi connectivity index (χ1) is 9.16. The van der Waals surface area contributed by atoms with E-state index < -0.39 is 5.82 Å². The third kappa shape index (κ3) is 3.76. The van der Waals surface area contributed by atoms with Gasteiger partial charge in [0, 0.05) is 6.07 Å². The molecule has 2 aromatic rings. The Labute approximate surface area is 115 Å². The van der Waals surface area contributed by atoms with E-state index in [-0.39, 0.29) is 17.4 Å². The molecule has 19 heavy (non-hydrogen) atoms. The van der Waals surface area contributed by atoms with Crippen molar-refractivity contribution in [3.63, 3.8) is 0 Å². The molecule has 0 fully saturated rings. The summed E-state index contributed by atoms with van der Waals surface area (Å²) < 4.78 is 24.0. The van der Waals surface area contributed by atoms with E-state index in [0.717, 1.165) is 5.75 Å². The van der Waals surface area contributed by atoms with Crippen LogP contribution in [0.2, 0.25) is 5.02 Å². The minimum atomic E-state index is -0.560. The van der Waals surface area contributed by atoms with E-state index in [2.05, 4.69) is 0 Å². The highest BCUT2D eigenvalue weighted by Gasteiger charge is 2.07. The molecule has 0 atom stereocenters. The van der Waals surface area contributed by atoms with Crippen molar-refractivity contribution in [2.24, 2.45) is 0 Å². The van der Waals surface area contributed by atoms with Gasteiger partial charge in [0.1, 0.15) is 30.5 Å². The lowest BCUT2D eigenvalue weighted by atomic mass is 10.3. The Morgan fingerprint density at radius 3 is 2.47 bits per heavy atom. The molecule has 0 bridgehead atoms. The van der Waals surface area contributed by atoms with Gasteiger partial charge in [-0.15, -0.1) is 0 Å². The second kappa shape index (κ2) is 6.29. The van der Waals surface area contributed by atoms with Crippen molar-refractivity contribution in [1.82, 2.24) is 0 Å². The van der Waals surface area contributed by atoms with Gasteiger partial charge in [0.2, 0.25) is 0 Å². The maximum Gasteiger partial charge on any atom is 0.145 e. The van der Waals surface area contributed by atoms with Gasteiger partial charge in [0.25, 0.3) is 0 Å². The summed E-state index contributed by atoms with van der Waals surface area (Å²) in [6, 6.07) is 11.8. The van der Waals surface area contributed by atoms with Crippen molar-refractivity contribution in [2.45, 2.75) is 0 Å². The fourth-order valence-electron chi connectivity index (χ4n) is 1.50. The Morgan fingerprint density at radius 2 is 1.74 bits per heavy atom. The van der Waals surface area contributed by atoms with Gasteiger partial charge in [0.05, 0.1) is 10.7 Å². The van der Waals surface area contributed by atoms with Crippen molar-refractivity contribution in [2.75, 3.05) is 18.9 Å². The van der Waals surface area contributed by atoms with Gasteiger partial charge in [0.15, 0.2) is 0 Å². The smallest absolute Gasteiger partial charge is 0.145 e. The molecule has 3 nitrogen and oxygen atoms in total. The van der Waals surface area contributed by atoms with Crippen LogP contribution in [0.25, 0.3) is 0 Å². The van der Waals surface area contributed by atoms with E-state index in [1.54, 1.807) is 0 Å². The predicted molar refractivity (Wildman–Crippen MR) is 73.3 cm³/mol. The summed E-state index contributed by atoms with van der Waals surface area (Å²) in [5.74, 6) is 0.453.